The Kier molecular flexibility index (Phi) is 5.34. The first-order chi connectivity index (χ1) is 11.7. The summed E-state index contributed by atoms with van der Waals surface area (Å²) in [5.74, 6) is 0.163. The molecular formula is C17H20FN3O3. The van der Waals surface area contributed by atoms with Crippen molar-refractivity contribution >= 4 is 5.95 Å². The zero-order valence-corrected chi connectivity index (χ0v) is 13.5. The number of aromatic nitrogens is 2. The van der Waals surface area contributed by atoms with Gasteiger partial charge < -0.3 is 19.5 Å². The first-order valence-corrected chi connectivity index (χ1v) is 7.79. The average molecular weight is 333 g/mol. The normalized spacial score (nSPS) is 14.7. The quantitative estimate of drug-likeness (QED) is 0.777. The van der Waals surface area contributed by atoms with E-state index in [1.807, 2.05) is 4.90 Å². The van der Waals surface area contributed by atoms with Gasteiger partial charge in [-0.25, -0.2) is 14.4 Å². The Morgan fingerprint density at radius 2 is 2.00 bits per heavy atom. The zero-order valence-electron chi connectivity index (χ0n) is 13.5. The third-order valence-corrected chi connectivity index (χ3v) is 3.97. The van der Waals surface area contributed by atoms with Gasteiger partial charge in [0, 0.05) is 49.3 Å². The molecule has 0 atom stereocenters. The largest absolute Gasteiger partial charge is 0.392 e. The number of halogens is 1. The second-order valence-electron chi connectivity index (χ2n) is 5.60. The molecule has 1 saturated heterocycles. The van der Waals surface area contributed by atoms with E-state index in [1.165, 1.54) is 0 Å². The molecule has 1 aliphatic rings. The van der Waals surface area contributed by atoms with Gasteiger partial charge in [0.1, 0.15) is 5.82 Å². The fourth-order valence-electron chi connectivity index (χ4n) is 2.55. The number of methoxy groups -OCH3 is 1. The maximum absolute atomic E-state index is 14.2. The van der Waals surface area contributed by atoms with Crippen LogP contribution in [0.25, 0.3) is 11.1 Å². The number of aliphatic hydroxyl groups excluding tert-OH is 1. The molecule has 0 bridgehead atoms. The summed E-state index contributed by atoms with van der Waals surface area (Å²) in [6.07, 6.45) is 3.37. The van der Waals surface area contributed by atoms with Crippen molar-refractivity contribution in [1.82, 2.24) is 9.97 Å². The maximum Gasteiger partial charge on any atom is 0.225 e. The summed E-state index contributed by atoms with van der Waals surface area (Å²) in [5.41, 5.74) is 1.23. The monoisotopic (exact) mass is 333 g/mol. The summed E-state index contributed by atoms with van der Waals surface area (Å²) in [4.78, 5) is 10.6. The molecule has 1 fully saturated rings. The first kappa shape index (κ1) is 16.8. The molecule has 1 aromatic carbocycles. The predicted molar refractivity (Wildman–Crippen MR) is 87.2 cm³/mol. The molecule has 2 heterocycles. The first-order valence-electron chi connectivity index (χ1n) is 7.79. The Balaban J connectivity index is 1.63. The number of hydrogen-bond acceptors (Lipinski definition) is 6. The molecular weight excluding hydrogens is 313 g/mol. The van der Waals surface area contributed by atoms with Gasteiger partial charge in [0.2, 0.25) is 5.95 Å². The van der Waals surface area contributed by atoms with Crippen LogP contribution in [-0.4, -0.2) is 54.6 Å². The molecule has 0 spiro atoms. The minimum absolute atomic E-state index is 0.169. The molecule has 6 nitrogen and oxygen atoms in total. The molecule has 2 aromatic rings. The van der Waals surface area contributed by atoms with Crippen LogP contribution in [0.5, 0.6) is 0 Å². The molecule has 0 saturated carbocycles. The molecule has 3 rings (SSSR count). The molecule has 0 unspecified atom stereocenters. The third-order valence-electron chi connectivity index (χ3n) is 3.97. The summed E-state index contributed by atoms with van der Waals surface area (Å²) in [5, 5.41) is 9.15. The van der Waals surface area contributed by atoms with E-state index in [0.29, 0.717) is 30.3 Å². The van der Waals surface area contributed by atoms with Crippen molar-refractivity contribution in [2.24, 2.45) is 0 Å². The molecule has 1 aromatic heterocycles. The van der Waals surface area contributed by atoms with E-state index < -0.39 is 5.82 Å². The highest BCUT2D eigenvalue weighted by Gasteiger charge is 2.29. The topological polar surface area (TPSA) is 67.7 Å². The van der Waals surface area contributed by atoms with E-state index in [0.717, 1.165) is 13.1 Å². The van der Waals surface area contributed by atoms with Crippen molar-refractivity contribution in [2.45, 2.75) is 12.7 Å². The Labute approximate surface area is 139 Å². The summed E-state index contributed by atoms with van der Waals surface area (Å²) < 4.78 is 24.8. The van der Waals surface area contributed by atoms with Crippen LogP contribution < -0.4 is 4.90 Å². The minimum Gasteiger partial charge on any atom is -0.392 e. The van der Waals surface area contributed by atoms with Gasteiger partial charge in [-0.2, -0.15) is 0 Å². The molecule has 1 aliphatic heterocycles. The lowest BCUT2D eigenvalue weighted by molar-refractivity contribution is 0.00350. The fraction of sp³-hybridized carbons (Fsp3) is 0.412. The summed E-state index contributed by atoms with van der Waals surface area (Å²) in [7, 11) is 1.64. The Hall–Kier alpha value is -2.09. The van der Waals surface area contributed by atoms with Crippen molar-refractivity contribution in [1.29, 1.82) is 0 Å². The number of nitrogens with zero attached hydrogens (tertiary/aromatic N) is 3. The highest BCUT2D eigenvalue weighted by atomic mass is 19.1. The Morgan fingerprint density at radius 3 is 2.67 bits per heavy atom. The molecule has 128 valence electrons. The van der Waals surface area contributed by atoms with Gasteiger partial charge in [-0.1, -0.05) is 18.2 Å². The average Bonchev–Trinajstić information content (AvgIpc) is 2.57. The van der Waals surface area contributed by atoms with Crippen LogP contribution in [-0.2, 0) is 16.1 Å². The van der Waals surface area contributed by atoms with Crippen molar-refractivity contribution in [3.05, 3.63) is 42.0 Å². The second-order valence-corrected chi connectivity index (χ2v) is 5.60. The number of ether oxygens (including phenoxy) is 2. The standard InChI is InChI=1S/C17H20FN3O3/c1-23-5-6-24-14-9-21(10-14)17-19-7-13(8-20-17)15-4-2-3-12(11-22)16(15)18/h2-4,7-8,14,22H,5-6,9-11H2,1H3. The van der Waals surface area contributed by atoms with E-state index in [9.17, 15) is 4.39 Å². The molecule has 0 aliphatic carbocycles. The number of benzene rings is 1. The van der Waals surface area contributed by atoms with Gasteiger partial charge in [-0.3, -0.25) is 0 Å². The molecule has 0 amide bonds. The van der Waals surface area contributed by atoms with Crippen LogP contribution in [0.15, 0.2) is 30.6 Å². The van der Waals surface area contributed by atoms with E-state index in [-0.39, 0.29) is 18.3 Å². The Morgan fingerprint density at radius 1 is 1.25 bits per heavy atom. The van der Waals surface area contributed by atoms with Crippen LogP contribution in [0, 0.1) is 5.82 Å². The number of rotatable bonds is 7. The van der Waals surface area contributed by atoms with Crippen molar-refractivity contribution in [3.8, 4) is 11.1 Å². The molecule has 1 N–H and O–H groups in total. The number of aliphatic hydroxyl groups is 1. The van der Waals surface area contributed by atoms with Crippen LogP contribution in [0.2, 0.25) is 0 Å². The Bertz CT molecular complexity index is 675. The SMILES string of the molecule is COCCOC1CN(c2ncc(-c3cccc(CO)c3F)cn2)C1. The smallest absolute Gasteiger partial charge is 0.225 e. The van der Waals surface area contributed by atoms with Crippen molar-refractivity contribution < 1.29 is 19.0 Å². The van der Waals surface area contributed by atoms with E-state index in [1.54, 1.807) is 37.7 Å². The molecule has 24 heavy (non-hydrogen) atoms. The van der Waals surface area contributed by atoms with Gasteiger partial charge in [-0.15, -0.1) is 0 Å². The van der Waals surface area contributed by atoms with Gasteiger partial charge in [0.25, 0.3) is 0 Å². The number of anilines is 1. The zero-order chi connectivity index (χ0) is 16.9. The maximum atomic E-state index is 14.2. The molecule has 7 heteroatoms. The summed E-state index contributed by atoms with van der Waals surface area (Å²) >= 11 is 0. The van der Waals surface area contributed by atoms with Gasteiger partial charge >= 0.3 is 0 Å². The van der Waals surface area contributed by atoms with E-state index >= 15 is 0 Å². The number of hydrogen-bond donors (Lipinski definition) is 1. The second kappa shape index (κ2) is 7.65. The van der Waals surface area contributed by atoms with Crippen LogP contribution in [0.3, 0.4) is 0 Å². The molecule has 0 radical (unpaired) electrons. The highest BCUT2D eigenvalue weighted by molar-refractivity contribution is 5.64. The summed E-state index contributed by atoms with van der Waals surface area (Å²) in [6, 6.07) is 4.91. The van der Waals surface area contributed by atoms with Crippen LogP contribution in [0.4, 0.5) is 10.3 Å². The van der Waals surface area contributed by atoms with Gasteiger partial charge in [0.05, 0.1) is 25.9 Å². The van der Waals surface area contributed by atoms with Crippen LogP contribution in [0.1, 0.15) is 5.56 Å². The third kappa shape index (κ3) is 3.53. The van der Waals surface area contributed by atoms with E-state index in [2.05, 4.69) is 9.97 Å². The fourth-order valence-corrected chi connectivity index (χ4v) is 2.55. The summed E-state index contributed by atoms with van der Waals surface area (Å²) in [6.45, 7) is 2.29. The van der Waals surface area contributed by atoms with Gasteiger partial charge in [-0.05, 0) is 0 Å². The van der Waals surface area contributed by atoms with E-state index in [4.69, 9.17) is 14.6 Å². The highest BCUT2D eigenvalue weighted by Crippen LogP contribution is 2.26. The van der Waals surface area contributed by atoms with Crippen molar-refractivity contribution in [3.63, 3.8) is 0 Å². The van der Waals surface area contributed by atoms with Crippen molar-refractivity contribution in [2.75, 3.05) is 38.3 Å². The lowest BCUT2D eigenvalue weighted by Gasteiger charge is -2.38. The predicted octanol–water partition coefficient (Wildman–Crippen LogP) is 1.63. The van der Waals surface area contributed by atoms with Gasteiger partial charge in [0.15, 0.2) is 0 Å². The lowest BCUT2D eigenvalue weighted by atomic mass is 10.1. The lowest BCUT2D eigenvalue weighted by Crippen LogP contribution is -2.53. The van der Waals surface area contributed by atoms with Crippen LogP contribution >= 0.6 is 0 Å². The minimum atomic E-state index is -0.438.